The van der Waals surface area contributed by atoms with E-state index in [1.165, 1.54) is 11.8 Å². The van der Waals surface area contributed by atoms with Crippen molar-refractivity contribution in [2.45, 2.75) is 13.0 Å². The van der Waals surface area contributed by atoms with E-state index in [2.05, 4.69) is 5.32 Å². The van der Waals surface area contributed by atoms with Gasteiger partial charge in [0.05, 0.1) is 31.3 Å². The molecule has 1 aliphatic rings. The number of aliphatic hydroxyl groups is 1. The standard InChI is InChI=1S/C11H20N2O4S/c1-9(6-14)12-10(15)7-18-8-11(16)13-2-4-17-5-3-13/h9,14H,2-8H2,1H3,(H,12,15). The molecule has 2 amide bonds. The van der Waals surface area contributed by atoms with Crippen LogP contribution in [-0.2, 0) is 14.3 Å². The molecule has 1 aliphatic heterocycles. The zero-order chi connectivity index (χ0) is 13.4. The lowest BCUT2D eigenvalue weighted by atomic mass is 10.4. The van der Waals surface area contributed by atoms with Crippen molar-refractivity contribution >= 4 is 23.6 Å². The van der Waals surface area contributed by atoms with Crippen LogP contribution in [-0.4, -0.2) is 72.3 Å². The van der Waals surface area contributed by atoms with Gasteiger partial charge in [0.25, 0.3) is 0 Å². The molecule has 1 rings (SSSR count). The van der Waals surface area contributed by atoms with Gasteiger partial charge in [0, 0.05) is 19.1 Å². The Morgan fingerprint density at radius 2 is 2.06 bits per heavy atom. The van der Waals surface area contributed by atoms with Crippen molar-refractivity contribution in [1.29, 1.82) is 0 Å². The SMILES string of the molecule is CC(CO)NC(=O)CSCC(=O)N1CCOCC1. The molecule has 1 unspecified atom stereocenters. The van der Waals surface area contributed by atoms with Crippen LogP contribution in [0.25, 0.3) is 0 Å². The Kier molecular flexibility index (Phi) is 7.07. The topological polar surface area (TPSA) is 78.9 Å². The van der Waals surface area contributed by atoms with Gasteiger partial charge in [0.1, 0.15) is 0 Å². The van der Waals surface area contributed by atoms with Gasteiger partial charge in [-0.15, -0.1) is 11.8 Å². The lowest BCUT2D eigenvalue weighted by Crippen LogP contribution is -2.42. The van der Waals surface area contributed by atoms with E-state index in [4.69, 9.17) is 9.84 Å². The van der Waals surface area contributed by atoms with Crippen LogP contribution in [0.3, 0.4) is 0 Å². The summed E-state index contributed by atoms with van der Waals surface area (Å²) >= 11 is 1.29. The van der Waals surface area contributed by atoms with Crippen molar-refractivity contribution in [2.75, 3.05) is 44.4 Å². The van der Waals surface area contributed by atoms with Crippen LogP contribution in [0.2, 0.25) is 0 Å². The number of ether oxygens (including phenoxy) is 1. The van der Waals surface area contributed by atoms with E-state index in [-0.39, 0.29) is 30.2 Å². The second-order valence-electron chi connectivity index (χ2n) is 4.14. The third kappa shape index (κ3) is 5.70. The molecule has 0 radical (unpaired) electrons. The first kappa shape index (κ1) is 15.3. The van der Waals surface area contributed by atoms with Gasteiger partial charge in [-0.25, -0.2) is 0 Å². The maximum Gasteiger partial charge on any atom is 0.232 e. The van der Waals surface area contributed by atoms with E-state index in [1.54, 1.807) is 11.8 Å². The van der Waals surface area contributed by atoms with Crippen molar-refractivity contribution in [3.63, 3.8) is 0 Å². The average molecular weight is 276 g/mol. The number of aliphatic hydroxyl groups excluding tert-OH is 1. The quantitative estimate of drug-likeness (QED) is 0.656. The summed E-state index contributed by atoms with van der Waals surface area (Å²) in [7, 11) is 0. The fraction of sp³-hybridized carbons (Fsp3) is 0.818. The first-order valence-corrected chi connectivity index (χ1v) is 7.12. The zero-order valence-electron chi connectivity index (χ0n) is 10.6. The van der Waals surface area contributed by atoms with E-state index < -0.39 is 0 Å². The third-order valence-corrected chi connectivity index (χ3v) is 3.42. The molecule has 6 nitrogen and oxygen atoms in total. The second-order valence-corrected chi connectivity index (χ2v) is 5.12. The Morgan fingerprint density at radius 1 is 1.39 bits per heavy atom. The highest BCUT2D eigenvalue weighted by molar-refractivity contribution is 8.00. The predicted molar refractivity (Wildman–Crippen MR) is 69.4 cm³/mol. The van der Waals surface area contributed by atoms with Crippen LogP contribution in [0.4, 0.5) is 0 Å². The predicted octanol–water partition coefficient (Wildman–Crippen LogP) is -0.925. The van der Waals surface area contributed by atoms with Gasteiger partial charge in [-0.2, -0.15) is 0 Å². The van der Waals surface area contributed by atoms with E-state index in [0.29, 0.717) is 32.1 Å². The van der Waals surface area contributed by atoms with Crippen LogP contribution in [0.5, 0.6) is 0 Å². The van der Waals surface area contributed by atoms with Gasteiger partial charge in [0.2, 0.25) is 11.8 Å². The molecule has 2 N–H and O–H groups in total. The lowest BCUT2D eigenvalue weighted by molar-refractivity contribution is -0.132. The molecule has 0 aromatic heterocycles. The molecule has 0 spiro atoms. The molecule has 0 aliphatic carbocycles. The minimum Gasteiger partial charge on any atom is -0.394 e. The molecule has 0 aromatic carbocycles. The molecule has 1 heterocycles. The number of rotatable bonds is 6. The van der Waals surface area contributed by atoms with Gasteiger partial charge in [-0.3, -0.25) is 9.59 Å². The first-order valence-electron chi connectivity index (χ1n) is 5.97. The van der Waals surface area contributed by atoms with Crippen LogP contribution in [0.1, 0.15) is 6.92 Å². The number of carbonyl (C=O) groups is 2. The summed E-state index contributed by atoms with van der Waals surface area (Å²) in [6, 6.07) is -0.243. The van der Waals surface area contributed by atoms with Crippen molar-refractivity contribution in [3.8, 4) is 0 Å². The third-order valence-electron chi connectivity index (χ3n) is 2.50. The van der Waals surface area contributed by atoms with E-state index in [9.17, 15) is 9.59 Å². The molecular formula is C11H20N2O4S. The number of hydrogen-bond donors (Lipinski definition) is 2. The molecule has 18 heavy (non-hydrogen) atoms. The van der Waals surface area contributed by atoms with Gasteiger partial charge in [-0.1, -0.05) is 0 Å². The molecule has 0 bridgehead atoms. The zero-order valence-corrected chi connectivity index (χ0v) is 11.4. The van der Waals surface area contributed by atoms with Gasteiger partial charge >= 0.3 is 0 Å². The van der Waals surface area contributed by atoms with Crippen LogP contribution >= 0.6 is 11.8 Å². The maximum atomic E-state index is 11.7. The first-order chi connectivity index (χ1) is 8.63. The molecule has 1 fully saturated rings. The second kappa shape index (κ2) is 8.34. The Morgan fingerprint density at radius 3 is 2.67 bits per heavy atom. The average Bonchev–Trinajstić information content (AvgIpc) is 2.39. The lowest BCUT2D eigenvalue weighted by Gasteiger charge is -2.26. The number of morpholine rings is 1. The number of carbonyl (C=O) groups excluding carboxylic acids is 2. The molecule has 7 heteroatoms. The minimum atomic E-state index is -0.243. The highest BCUT2D eigenvalue weighted by Gasteiger charge is 2.17. The van der Waals surface area contributed by atoms with Crippen molar-refractivity contribution < 1.29 is 19.4 Å². The van der Waals surface area contributed by atoms with Crippen LogP contribution < -0.4 is 5.32 Å². The monoisotopic (exact) mass is 276 g/mol. The number of thioether (sulfide) groups is 1. The number of nitrogens with one attached hydrogen (secondary N) is 1. The van der Waals surface area contributed by atoms with E-state index in [0.717, 1.165) is 0 Å². The largest absolute Gasteiger partial charge is 0.394 e. The molecule has 1 saturated heterocycles. The van der Waals surface area contributed by atoms with Crippen molar-refractivity contribution in [1.82, 2.24) is 10.2 Å². The molecule has 0 aromatic rings. The Bertz CT molecular complexity index is 282. The molecule has 1 atom stereocenters. The molecular weight excluding hydrogens is 256 g/mol. The van der Waals surface area contributed by atoms with Crippen LogP contribution in [0, 0.1) is 0 Å². The van der Waals surface area contributed by atoms with E-state index in [1.807, 2.05) is 0 Å². The number of hydrogen-bond acceptors (Lipinski definition) is 5. The highest BCUT2D eigenvalue weighted by atomic mass is 32.2. The summed E-state index contributed by atoms with van der Waals surface area (Å²) < 4.78 is 5.16. The number of nitrogens with zero attached hydrogens (tertiary/aromatic N) is 1. The summed E-state index contributed by atoms with van der Waals surface area (Å²) in [5, 5.41) is 11.4. The molecule has 104 valence electrons. The van der Waals surface area contributed by atoms with E-state index >= 15 is 0 Å². The summed E-state index contributed by atoms with van der Waals surface area (Å²) in [5.74, 6) is 0.434. The normalized spacial score (nSPS) is 17.3. The minimum absolute atomic E-state index is 0.0475. The highest BCUT2D eigenvalue weighted by Crippen LogP contribution is 2.05. The van der Waals surface area contributed by atoms with Crippen LogP contribution in [0.15, 0.2) is 0 Å². The summed E-state index contributed by atoms with van der Waals surface area (Å²) in [4.78, 5) is 24.9. The fourth-order valence-corrected chi connectivity index (χ4v) is 2.23. The summed E-state index contributed by atoms with van der Waals surface area (Å²) in [6.45, 7) is 4.08. The van der Waals surface area contributed by atoms with Crippen molar-refractivity contribution in [3.05, 3.63) is 0 Å². The number of amides is 2. The van der Waals surface area contributed by atoms with Gasteiger partial charge in [0.15, 0.2) is 0 Å². The van der Waals surface area contributed by atoms with Gasteiger partial charge < -0.3 is 20.1 Å². The Hall–Kier alpha value is -0.790. The summed E-state index contributed by atoms with van der Waals surface area (Å²) in [5.41, 5.74) is 0. The van der Waals surface area contributed by atoms with Gasteiger partial charge in [-0.05, 0) is 6.92 Å². The molecule has 0 saturated carbocycles. The van der Waals surface area contributed by atoms with Crippen molar-refractivity contribution in [2.24, 2.45) is 0 Å². The Balaban J connectivity index is 2.12. The maximum absolute atomic E-state index is 11.7. The fourth-order valence-electron chi connectivity index (χ4n) is 1.50. The smallest absolute Gasteiger partial charge is 0.232 e. The summed E-state index contributed by atoms with van der Waals surface area (Å²) in [6.07, 6.45) is 0. The Labute approximate surface area is 111 Å².